The second-order valence-electron chi connectivity index (χ2n) is 11.0. The fourth-order valence-corrected chi connectivity index (χ4v) is 4.23. The summed E-state index contributed by atoms with van der Waals surface area (Å²) in [7, 11) is 0. The summed E-state index contributed by atoms with van der Waals surface area (Å²) in [5.74, 6) is -0.665. The molecule has 2 aromatic carbocycles. The lowest BCUT2D eigenvalue weighted by Crippen LogP contribution is -2.59. The fourth-order valence-electron chi connectivity index (χ4n) is 3.98. The van der Waals surface area contributed by atoms with Gasteiger partial charge in [-0.3, -0.25) is 9.59 Å². The molecule has 8 heteroatoms. The Labute approximate surface area is 233 Å². The van der Waals surface area contributed by atoms with Crippen molar-refractivity contribution < 1.29 is 19.1 Å². The number of thiol groups is 1. The first-order chi connectivity index (χ1) is 17.8. The van der Waals surface area contributed by atoms with Gasteiger partial charge in [0.25, 0.3) is 0 Å². The Morgan fingerprint density at radius 1 is 0.921 bits per heavy atom. The number of ether oxygens (including phenoxy) is 1. The molecule has 0 saturated heterocycles. The van der Waals surface area contributed by atoms with Crippen LogP contribution in [0, 0.1) is 0 Å². The van der Waals surface area contributed by atoms with Crippen LogP contribution < -0.4 is 10.6 Å². The number of nitrogens with one attached hydrogen (secondary N) is 2. The molecule has 0 spiro atoms. The van der Waals surface area contributed by atoms with Crippen LogP contribution >= 0.6 is 12.6 Å². The molecule has 0 fully saturated rings. The number of carbonyl (C=O) groups excluding carboxylic acids is 3. The van der Waals surface area contributed by atoms with Gasteiger partial charge in [-0.15, -0.1) is 0 Å². The summed E-state index contributed by atoms with van der Waals surface area (Å²) in [4.78, 5) is 42.1. The number of alkyl carbamates (subject to hydrolysis) is 1. The van der Waals surface area contributed by atoms with Gasteiger partial charge in [-0.2, -0.15) is 12.6 Å². The molecule has 38 heavy (non-hydrogen) atoms. The zero-order valence-corrected chi connectivity index (χ0v) is 24.6. The summed E-state index contributed by atoms with van der Waals surface area (Å²) in [5.41, 5.74) is 1.33. The Morgan fingerprint density at radius 3 is 2.03 bits per heavy atom. The minimum Gasteiger partial charge on any atom is -0.444 e. The van der Waals surface area contributed by atoms with E-state index in [4.69, 9.17) is 4.74 Å². The van der Waals surface area contributed by atoms with Crippen LogP contribution in [0.1, 0.15) is 77.6 Å². The number of hydrogen-bond acceptors (Lipinski definition) is 5. The molecule has 2 rings (SSSR count). The monoisotopic (exact) mass is 541 g/mol. The number of amides is 3. The Bertz CT molecular complexity index is 1070. The summed E-state index contributed by atoms with van der Waals surface area (Å²) in [6, 6.07) is 15.5. The molecule has 2 unspecified atom stereocenters. The molecule has 0 bridgehead atoms. The minimum absolute atomic E-state index is 0.0432. The van der Waals surface area contributed by atoms with Crippen molar-refractivity contribution in [1.82, 2.24) is 15.5 Å². The largest absolute Gasteiger partial charge is 0.444 e. The third-order valence-corrected chi connectivity index (χ3v) is 6.81. The summed E-state index contributed by atoms with van der Waals surface area (Å²) in [6.07, 6.45) is 0.729. The standard InChI is InChI=1S/C30H43N3O4S/c1-8-21-15-17-23(18-16-21)25(26(34)31-19-22-13-11-10-12-14-22)33(30(6,7)9-2)27(35)24(20-38)32-28(36)37-29(3,4)5/h10-18,24-25,38H,8-9,19-20H2,1-7H3,(H,31,34)(H,32,36). The van der Waals surface area contributed by atoms with E-state index in [1.54, 1.807) is 25.7 Å². The van der Waals surface area contributed by atoms with Crippen LogP contribution in [0.2, 0.25) is 0 Å². The predicted molar refractivity (Wildman–Crippen MR) is 155 cm³/mol. The first-order valence-corrected chi connectivity index (χ1v) is 13.8. The quantitative estimate of drug-likeness (QED) is 0.330. The molecule has 2 atom stereocenters. The van der Waals surface area contributed by atoms with Crippen molar-refractivity contribution in [3.8, 4) is 0 Å². The van der Waals surface area contributed by atoms with Gasteiger partial charge < -0.3 is 20.3 Å². The maximum absolute atomic E-state index is 14.1. The molecule has 0 aliphatic heterocycles. The lowest BCUT2D eigenvalue weighted by Gasteiger charge is -2.44. The lowest BCUT2D eigenvalue weighted by molar-refractivity contribution is -0.149. The van der Waals surface area contributed by atoms with Gasteiger partial charge in [-0.25, -0.2) is 4.79 Å². The Hall–Kier alpha value is -3.00. The van der Waals surface area contributed by atoms with Gasteiger partial charge >= 0.3 is 6.09 Å². The molecule has 0 aliphatic carbocycles. The van der Waals surface area contributed by atoms with Crippen molar-refractivity contribution in [1.29, 1.82) is 0 Å². The van der Waals surface area contributed by atoms with Gasteiger partial charge in [0, 0.05) is 17.8 Å². The van der Waals surface area contributed by atoms with E-state index in [0.717, 1.165) is 17.5 Å². The van der Waals surface area contributed by atoms with Gasteiger partial charge in [-0.05, 0) is 64.2 Å². The minimum atomic E-state index is -0.988. The maximum Gasteiger partial charge on any atom is 0.408 e. The van der Waals surface area contributed by atoms with Crippen molar-refractivity contribution >= 4 is 30.5 Å². The van der Waals surface area contributed by atoms with Crippen molar-refractivity contribution in [2.45, 2.75) is 91.1 Å². The van der Waals surface area contributed by atoms with Crippen molar-refractivity contribution in [3.63, 3.8) is 0 Å². The van der Waals surface area contributed by atoms with E-state index in [-0.39, 0.29) is 11.7 Å². The maximum atomic E-state index is 14.1. The first-order valence-electron chi connectivity index (χ1n) is 13.2. The average Bonchev–Trinajstić information content (AvgIpc) is 2.88. The number of rotatable bonds is 11. The van der Waals surface area contributed by atoms with E-state index in [2.05, 4.69) is 30.2 Å². The highest BCUT2D eigenvalue weighted by molar-refractivity contribution is 7.80. The van der Waals surface area contributed by atoms with Crippen LogP contribution in [0.3, 0.4) is 0 Å². The molecule has 2 aromatic rings. The third kappa shape index (κ3) is 8.79. The fraction of sp³-hybridized carbons (Fsp3) is 0.500. The topological polar surface area (TPSA) is 87.7 Å². The van der Waals surface area contributed by atoms with E-state index >= 15 is 0 Å². The number of nitrogens with zero attached hydrogens (tertiary/aromatic N) is 1. The molecule has 2 N–H and O–H groups in total. The SMILES string of the molecule is CCc1ccc(C(C(=O)NCc2ccccc2)N(C(=O)C(CS)NC(=O)OC(C)(C)C)C(C)(C)CC)cc1. The van der Waals surface area contributed by atoms with E-state index < -0.39 is 35.2 Å². The van der Waals surface area contributed by atoms with Gasteiger partial charge in [-0.1, -0.05) is 68.4 Å². The predicted octanol–water partition coefficient (Wildman–Crippen LogP) is 5.45. The zero-order valence-electron chi connectivity index (χ0n) is 23.7. The summed E-state index contributed by atoms with van der Waals surface area (Å²) >= 11 is 4.36. The molecule has 0 aromatic heterocycles. The highest BCUT2D eigenvalue weighted by Gasteiger charge is 2.42. The molecule has 208 valence electrons. The second kappa shape index (κ2) is 13.7. The Balaban J connectivity index is 2.51. The lowest BCUT2D eigenvalue weighted by atomic mass is 9.91. The normalized spacial score (nSPS) is 13.3. The summed E-state index contributed by atoms with van der Waals surface area (Å²) in [6.45, 7) is 13.5. The molecule has 0 heterocycles. The molecular weight excluding hydrogens is 498 g/mol. The van der Waals surface area contributed by atoms with Gasteiger partial charge in [0.2, 0.25) is 11.8 Å². The molecule has 7 nitrogen and oxygen atoms in total. The number of benzene rings is 2. The first kappa shape index (κ1) is 31.2. The smallest absolute Gasteiger partial charge is 0.408 e. The Morgan fingerprint density at radius 2 is 1.53 bits per heavy atom. The second-order valence-corrected chi connectivity index (χ2v) is 11.3. The zero-order chi connectivity index (χ0) is 28.5. The molecule has 0 radical (unpaired) electrons. The summed E-state index contributed by atoms with van der Waals surface area (Å²) < 4.78 is 5.38. The van der Waals surface area contributed by atoms with E-state index in [0.29, 0.717) is 18.5 Å². The average molecular weight is 542 g/mol. The number of aryl methyl sites for hydroxylation is 1. The molecule has 0 aliphatic rings. The van der Waals surface area contributed by atoms with Crippen LogP contribution in [0.25, 0.3) is 0 Å². The van der Waals surface area contributed by atoms with Crippen LogP contribution in [0.15, 0.2) is 54.6 Å². The van der Waals surface area contributed by atoms with Crippen molar-refractivity contribution in [2.75, 3.05) is 5.75 Å². The Kier molecular flexibility index (Phi) is 11.2. The highest BCUT2D eigenvalue weighted by Crippen LogP contribution is 2.32. The van der Waals surface area contributed by atoms with Gasteiger partial charge in [0.05, 0.1) is 0 Å². The number of hydrogen-bond donors (Lipinski definition) is 3. The summed E-state index contributed by atoms with van der Waals surface area (Å²) in [5, 5.41) is 5.68. The highest BCUT2D eigenvalue weighted by atomic mass is 32.1. The van der Waals surface area contributed by atoms with Crippen molar-refractivity contribution in [3.05, 3.63) is 71.3 Å². The number of carbonyl (C=O) groups is 3. The van der Waals surface area contributed by atoms with Gasteiger partial charge in [0.1, 0.15) is 17.7 Å². The van der Waals surface area contributed by atoms with Crippen LogP contribution in [0.5, 0.6) is 0 Å². The molecule has 3 amide bonds. The van der Waals surface area contributed by atoms with Crippen LogP contribution in [-0.2, 0) is 27.3 Å². The van der Waals surface area contributed by atoms with Crippen molar-refractivity contribution in [2.24, 2.45) is 0 Å². The van der Waals surface area contributed by atoms with E-state index in [1.165, 1.54) is 0 Å². The van der Waals surface area contributed by atoms with E-state index in [9.17, 15) is 14.4 Å². The van der Waals surface area contributed by atoms with Gasteiger partial charge in [0.15, 0.2) is 0 Å². The van der Waals surface area contributed by atoms with Crippen LogP contribution in [0.4, 0.5) is 4.79 Å². The molecule has 0 saturated carbocycles. The van der Waals surface area contributed by atoms with Crippen LogP contribution in [-0.4, -0.2) is 45.7 Å². The third-order valence-electron chi connectivity index (χ3n) is 6.45. The van der Waals surface area contributed by atoms with E-state index in [1.807, 2.05) is 75.4 Å². The molecular formula is C30H43N3O4S.